The Kier molecular flexibility index (Phi) is 4.84. The summed E-state index contributed by atoms with van der Waals surface area (Å²) >= 11 is 6.24. The SMILES string of the molecule is CCCNC(c1cc(F)ccc1Cl)c1cc(C)oc1C. The molecule has 1 heterocycles. The van der Waals surface area contributed by atoms with Crippen LogP contribution in [0.2, 0.25) is 5.02 Å². The maximum atomic E-state index is 13.5. The zero-order valence-corrected chi connectivity index (χ0v) is 12.7. The Morgan fingerprint density at radius 1 is 1.25 bits per heavy atom. The van der Waals surface area contributed by atoms with Crippen molar-refractivity contribution in [1.29, 1.82) is 0 Å². The average molecular weight is 296 g/mol. The fourth-order valence-corrected chi connectivity index (χ4v) is 2.58. The van der Waals surface area contributed by atoms with Crippen LogP contribution in [0.1, 0.15) is 42.0 Å². The Morgan fingerprint density at radius 2 is 2.00 bits per heavy atom. The monoisotopic (exact) mass is 295 g/mol. The molecule has 4 heteroatoms. The van der Waals surface area contributed by atoms with E-state index in [-0.39, 0.29) is 11.9 Å². The van der Waals surface area contributed by atoms with Gasteiger partial charge in [-0.25, -0.2) is 4.39 Å². The van der Waals surface area contributed by atoms with Crippen molar-refractivity contribution in [2.75, 3.05) is 6.54 Å². The molecular weight excluding hydrogens is 277 g/mol. The molecule has 0 aliphatic carbocycles. The van der Waals surface area contributed by atoms with E-state index in [1.54, 1.807) is 6.07 Å². The van der Waals surface area contributed by atoms with Gasteiger partial charge in [0.25, 0.3) is 0 Å². The van der Waals surface area contributed by atoms with E-state index in [4.69, 9.17) is 16.0 Å². The number of furan rings is 1. The number of hydrogen-bond donors (Lipinski definition) is 1. The zero-order chi connectivity index (χ0) is 14.7. The summed E-state index contributed by atoms with van der Waals surface area (Å²) in [5.41, 5.74) is 1.74. The van der Waals surface area contributed by atoms with Gasteiger partial charge in [-0.2, -0.15) is 0 Å². The molecule has 0 spiro atoms. The summed E-state index contributed by atoms with van der Waals surface area (Å²) in [5.74, 6) is 1.38. The van der Waals surface area contributed by atoms with Gasteiger partial charge in [-0.15, -0.1) is 0 Å². The van der Waals surface area contributed by atoms with Crippen LogP contribution in [0.3, 0.4) is 0 Å². The van der Waals surface area contributed by atoms with Crippen molar-refractivity contribution in [2.45, 2.75) is 33.2 Å². The maximum absolute atomic E-state index is 13.5. The van der Waals surface area contributed by atoms with Crippen molar-refractivity contribution in [3.8, 4) is 0 Å². The van der Waals surface area contributed by atoms with Crippen LogP contribution in [0.15, 0.2) is 28.7 Å². The number of nitrogens with one attached hydrogen (secondary N) is 1. The second-order valence-corrected chi connectivity index (χ2v) is 5.33. The predicted octanol–water partition coefficient (Wildman–Crippen LogP) is 4.78. The number of halogens is 2. The van der Waals surface area contributed by atoms with Crippen LogP contribution >= 0.6 is 11.6 Å². The highest BCUT2D eigenvalue weighted by Crippen LogP contribution is 2.32. The van der Waals surface area contributed by atoms with E-state index < -0.39 is 0 Å². The molecule has 0 radical (unpaired) electrons. The van der Waals surface area contributed by atoms with E-state index in [9.17, 15) is 4.39 Å². The summed E-state index contributed by atoms with van der Waals surface area (Å²) in [6.07, 6.45) is 0.985. The first-order valence-electron chi connectivity index (χ1n) is 6.78. The summed E-state index contributed by atoms with van der Waals surface area (Å²) in [6, 6.07) is 6.27. The zero-order valence-electron chi connectivity index (χ0n) is 12.0. The van der Waals surface area contributed by atoms with Gasteiger partial charge in [0, 0.05) is 10.6 Å². The van der Waals surface area contributed by atoms with Crippen LogP contribution in [-0.2, 0) is 0 Å². The second-order valence-electron chi connectivity index (χ2n) is 4.92. The van der Waals surface area contributed by atoms with Crippen molar-refractivity contribution in [2.24, 2.45) is 0 Å². The third-order valence-electron chi connectivity index (χ3n) is 3.26. The van der Waals surface area contributed by atoms with Gasteiger partial charge in [0.1, 0.15) is 17.3 Å². The van der Waals surface area contributed by atoms with Crippen LogP contribution in [0.5, 0.6) is 0 Å². The van der Waals surface area contributed by atoms with Crippen LogP contribution < -0.4 is 5.32 Å². The molecule has 2 aromatic rings. The smallest absolute Gasteiger partial charge is 0.123 e. The Bertz CT molecular complexity index is 594. The van der Waals surface area contributed by atoms with Crippen molar-refractivity contribution >= 4 is 11.6 Å². The Hall–Kier alpha value is -1.32. The molecular formula is C16H19ClFNO. The highest BCUT2D eigenvalue weighted by molar-refractivity contribution is 6.31. The van der Waals surface area contributed by atoms with Gasteiger partial charge >= 0.3 is 0 Å². The lowest BCUT2D eigenvalue weighted by molar-refractivity contribution is 0.493. The van der Waals surface area contributed by atoms with Gasteiger partial charge < -0.3 is 9.73 Å². The summed E-state index contributed by atoms with van der Waals surface area (Å²) in [4.78, 5) is 0. The number of aryl methyl sites for hydroxylation is 2. The number of benzene rings is 1. The summed E-state index contributed by atoms with van der Waals surface area (Å²) < 4.78 is 19.1. The largest absolute Gasteiger partial charge is 0.466 e. The maximum Gasteiger partial charge on any atom is 0.123 e. The van der Waals surface area contributed by atoms with Gasteiger partial charge in [0.05, 0.1) is 6.04 Å². The molecule has 0 saturated heterocycles. The summed E-state index contributed by atoms with van der Waals surface area (Å²) in [5, 5.41) is 3.97. The van der Waals surface area contributed by atoms with Crippen molar-refractivity contribution < 1.29 is 8.81 Å². The minimum absolute atomic E-state index is 0.157. The normalized spacial score (nSPS) is 12.7. The van der Waals surface area contributed by atoms with E-state index in [2.05, 4.69) is 12.2 Å². The van der Waals surface area contributed by atoms with Gasteiger partial charge in [0.15, 0.2) is 0 Å². The van der Waals surface area contributed by atoms with Crippen LogP contribution in [0.25, 0.3) is 0 Å². The lowest BCUT2D eigenvalue weighted by Gasteiger charge is -2.20. The lowest BCUT2D eigenvalue weighted by atomic mass is 9.98. The molecule has 108 valence electrons. The van der Waals surface area contributed by atoms with Gasteiger partial charge in [-0.05, 0) is 56.6 Å². The molecule has 0 aliphatic rings. The van der Waals surface area contributed by atoms with E-state index >= 15 is 0 Å². The van der Waals surface area contributed by atoms with Gasteiger partial charge in [0.2, 0.25) is 0 Å². The van der Waals surface area contributed by atoms with Gasteiger partial charge in [-0.3, -0.25) is 0 Å². The van der Waals surface area contributed by atoms with Crippen LogP contribution in [0.4, 0.5) is 4.39 Å². The standard InChI is InChI=1S/C16H19ClFNO/c1-4-7-19-16(13-8-10(2)20-11(13)3)14-9-12(18)5-6-15(14)17/h5-6,8-9,16,19H,4,7H2,1-3H3. The molecule has 0 bridgehead atoms. The Morgan fingerprint density at radius 3 is 2.60 bits per heavy atom. The Labute approximate surface area is 123 Å². The fourth-order valence-electron chi connectivity index (χ4n) is 2.35. The molecule has 2 rings (SSSR count). The van der Waals surface area contributed by atoms with Crippen LogP contribution in [-0.4, -0.2) is 6.54 Å². The summed E-state index contributed by atoms with van der Waals surface area (Å²) in [7, 11) is 0. The summed E-state index contributed by atoms with van der Waals surface area (Å²) in [6.45, 7) is 6.72. The van der Waals surface area contributed by atoms with Crippen molar-refractivity contribution in [1.82, 2.24) is 5.32 Å². The first kappa shape index (κ1) is 15.1. The molecule has 2 nitrogen and oxygen atoms in total. The fraction of sp³-hybridized carbons (Fsp3) is 0.375. The predicted molar refractivity (Wildman–Crippen MR) is 79.7 cm³/mol. The average Bonchev–Trinajstić information content (AvgIpc) is 2.73. The van der Waals surface area contributed by atoms with E-state index in [1.807, 2.05) is 19.9 Å². The number of rotatable bonds is 5. The molecule has 0 fully saturated rings. The first-order valence-corrected chi connectivity index (χ1v) is 7.16. The molecule has 1 unspecified atom stereocenters. The molecule has 0 aliphatic heterocycles. The Balaban J connectivity index is 2.46. The number of hydrogen-bond acceptors (Lipinski definition) is 2. The molecule has 1 N–H and O–H groups in total. The third kappa shape index (κ3) is 3.22. The minimum Gasteiger partial charge on any atom is -0.466 e. The van der Waals surface area contributed by atoms with E-state index in [1.165, 1.54) is 12.1 Å². The lowest BCUT2D eigenvalue weighted by Crippen LogP contribution is -2.23. The van der Waals surface area contributed by atoms with Crippen LogP contribution in [0, 0.1) is 19.7 Å². The van der Waals surface area contributed by atoms with Crippen molar-refractivity contribution in [3.05, 3.63) is 57.8 Å². The molecule has 1 aromatic heterocycles. The molecule has 20 heavy (non-hydrogen) atoms. The molecule has 1 atom stereocenters. The highest BCUT2D eigenvalue weighted by Gasteiger charge is 2.21. The molecule has 1 aromatic carbocycles. The second kappa shape index (κ2) is 6.42. The third-order valence-corrected chi connectivity index (χ3v) is 3.60. The van der Waals surface area contributed by atoms with E-state index in [0.717, 1.165) is 35.6 Å². The highest BCUT2D eigenvalue weighted by atomic mass is 35.5. The van der Waals surface area contributed by atoms with E-state index in [0.29, 0.717) is 5.02 Å². The quantitative estimate of drug-likeness (QED) is 0.859. The van der Waals surface area contributed by atoms with Crippen molar-refractivity contribution in [3.63, 3.8) is 0 Å². The minimum atomic E-state index is -0.287. The molecule has 0 saturated carbocycles. The topological polar surface area (TPSA) is 25.2 Å². The van der Waals surface area contributed by atoms with Gasteiger partial charge in [-0.1, -0.05) is 18.5 Å². The molecule has 0 amide bonds. The first-order chi connectivity index (χ1) is 9.52.